The largest absolute Gasteiger partial charge is 0.505 e. The third-order valence-electron chi connectivity index (χ3n) is 12.4. The summed E-state index contributed by atoms with van der Waals surface area (Å²) < 4.78 is 13.1. The van der Waals surface area contributed by atoms with E-state index in [-0.39, 0.29) is 64.0 Å². The first kappa shape index (κ1) is 24.8. The Morgan fingerprint density at radius 2 is 1.67 bits per heavy atom. The molecule has 2 N–H and O–H groups in total. The lowest BCUT2D eigenvalue weighted by Gasteiger charge is -2.63. The number of hydrogen-bond donors (Lipinski definition) is 2. The summed E-state index contributed by atoms with van der Waals surface area (Å²) in [6.07, 6.45) is 5.96. The molecular weight excluding hydrogens is 456 g/mol. The van der Waals surface area contributed by atoms with Crippen LogP contribution in [-0.4, -0.2) is 45.4 Å². The first-order chi connectivity index (χ1) is 16.4. The molecular formula is C30H42O6. The molecule has 0 amide bonds. The van der Waals surface area contributed by atoms with E-state index in [1.54, 1.807) is 6.08 Å². The molecule has 6 rings (SSSR count). The summed E-state index contributed by atoms with van der Waals surface area (Å²) in [6.45, 7) is 16.4. The summed E-state index contributed by atoms with van der Waals surface area (Å²) >= 11 is 0. The van der Waals surface area contributed by atoms with Crippen LogP contribution in [0.5, 0.6) is 0 Å². The van der Waals surface area contributed by atoms with Crippen LogP contribution in [0.3, 0.4) is 0 Å². The number of carbonyl (C=O) groups is 2. The minimum absolute atomic E-state index is 0.0132. The highest BCUT2D eigenvalue weighted by atomic mass is 16.7. The van der Waals surface area contributed by atoms with Gasteiger partial charge in [0.25, 0.3) is 0 Å². The van der Waals surface area contributed by atoms with E-state index in [1.165, 1.54) is 0 Å². The van der Waals surface area contributed by atoms with Crippen molar-refractivity contribution in [1.82, 2.24) is 0 Å². The van der Waals surface area contributed by atoms with Crippen LogP contribution in [0.2, 0.25) is 0 Å². The summed E-state index contributed by atoms with van der Waals surface area (Å²) in [4.78, 5) is 27.2. The molecule has 4 aliphatic carbocycles. The molecule has 10 atom stereocenters. The number of carbonyl (C=O) groups excluding carboxylic acids is 2. The number of hydrogen-bond acceptors (Lipinski definition) is 6. The van der Waals surface area contributed by atoms with Crippen LogP contribution in [0.4, 0.5) is 0 Å². The number of rotatable bonds is 0. The normalized spacial score (nSPS) is 54.5. The summed E-state index contributed by atoms with van der Waals surface area (Å²) in [5.41, 5.74) is -1.76. The van der Waals surface area contributed by atoms with E-state index in [1.807, 2.05) is 27.7 Å². The Bertz CT molecular complexity index is 1130. The Labute approximate surface area is 214 Å². The Morgan fingerprint density at radius 3 is 2.33 bits per heavy atom. The second-order valence-electron chi connectivity index (χ2n) is 14.6. The van der Waals surface area contributed by atoms with Gasteiger partial charge in [-0.25, -0.2) is 0 Å². The number of fused-ring (bicyclic) bond motifs is 9. The van der Waals surface area contributed by atoms with Crippen molar-refractivity contribution in [2.45, 2.75) is 105 Å². The van der Waals surface area contributed by atoms with Gasteiger partial charge in [-0.05, 0) is 69.3 Å². The standard InChI is InChI=1S/C30H42O6/c1-15-23-19(35-22-14-30(15,34)36-26(22,4)5)12-27(6)20-10-9-16-17(11-18(31)24(33)25(16,2)3)29(20,8)21(32)13-28(23,27)7/h9,11,15,17,19-20,22-23,31,34H,10,12-14H2,1-8H3. The molecule has 0 aromatic rings. The topological polar surface area (TPSA) is 93.1 Å². The van der Waals surface area contributed by atoms with E-state index in [0.717, 1.165) is 18.4 Å². The average Bonchev–Trinajstić information content (AvgIpc) is 3.08. The van der Waals surface area contributed by atoms with Crippen molar-refractivity contribution in [3.63, 3.8) is 0 Å². The van der Waals surface area contributed by atoms with E-state index < -0.39 is 22.2 Å². The van der Waals surface area contributed by atoms with Crippen LogP contribution in [0.25, 0.3) is 0 Å². The first-order valence-corrected chi connectivity index (χ1v) is 13.7. The fraction of sp³-hybridized carbons (Fsp3) is 0.800. The Morgan fingerprint density at radius 1 is 1.00 bits per heavy atom. The fourth-order valence-corrected chi connectivity index (χ4v) is 10.1. The SMILES string of the molecule is CC1C2C(CC3(C)C4CC=C5C(C=C(O)C(=O)C5(C)C)C4(C)C(=O)CC23C)OC2CC1(O)OC2(C)C. The molecule has 6 heteroatoms. The lowest BCUT2D eigenvalue weighted by atomic mass is 9.39. The summed E-state index contributed by atoms with van der Waals surface area (Å²) in [5.74, 6) is -2.04. The third-order valence-corrected chi connectivity index (χ3v) is 12.4. The molecule has 2 saturated heterocycles. The zero-order chi connectivity index (χ0) is 26.4. The van der Waals surface area contributed by atoms with Crippen molar-refractivity contribution in [3.8, 4) is 0 Å². The zero-order valence-corrected chi connectivity index (χ0v) is 23.0. The molecule has 2 heterocycles. The van der Waals surface area contributed by atoms with Crippen LogP contribution >= 0.6 is 0 Å². The van der Waals surface area contributed by atoms with Crippen LogP contribution < -0.4 is 0 Å². The number of ether oxygens (including phenoxy) is 2. The van der Waals surface area contributed by atoms with Crippen molar-refractivity contribution in [3.05, 3.63) is 23.5 Å². The second kappa shape index (κ2) is 6.73. The van der Waals surface area contributed by atoms with Crippen molar-refractivity contribution in [1.29, 1.82) is 0 Å². The smallest absolute Gasteiger partial charge is 0.206 e. The molecule has 0 aromatic carbocycles. The molecule has 6 aliphatic rings. The maximum Gasteiger partial charge on any atom is 0.206 e. The fourth-order valence-electron chi connectivity index (χ4n) is 10.1. The lowest BCUT2D eigenvalue weighted by molar-refractivity contribution is -0.276. The van der Waals surface area contributed by atoms with E-state index in [9.17, 15) is 19.8 Å². The molecule has 6 nitrogen and oxygen atoms in total. The Kier molecular flexibility index (Phi) is 4.64. The maximum atomic E-state index is 14.3. The van der Waals surface area contributed by atoms with Gasteiger partial charge >= 0.3 is 0 Å². The van der Waals surface area contributed by atoms with E-state index in [2.05, 4.69) is 33.8 Å². The molecule has 2 bridgehead atoms. The van der Waals surface area contributed by atoms with Crippen LogP contribution in [0, 0.1) is 45.3 Å². The first-order valence-electron chi connectivity index (χ1n) is 13.7. The number of allylic oxidation sites excluding steroid dienone is 4. The van der Waals surface area contributed by atoms with Gasteiger partial charge in [0.2, 0.25) is 5.78 Å². The van der Waals surface area contributed by atoms with Crippen molar-refractivity contribution in [2.75, 3.05) is 0 Å². The van der Waals surface area contributed by atoms with Gasteiger partial charge in [-0.15, -0.1) is 0 Å². The molecule has 4 fully saturated rings. The molecule has 0 aromatic heterocycles. The van der Waals surface area contributed by atoms with Gasteiger partial charge in [0.1, 0.15) is 5.78 Å². The number of aliphatic hydroxyl groups is 2. The Hall–Kier alpha value is -1.50. The number of ketones is 2. The van der Waals surface area contributed by atoms with Crippen molar-refractivity contribution in [2.24, 2.45) is 45.3 Å². The number of Topliss-reactive ketones (excluding diaryl/α,β-unsaturated/α-hetero) is 2. The van der Waals surface area contributed by atoms with Crippen LogP contribution in [0.15, 0.2) is 23.5 Å². The monoisotopic (exact) mass is 498 g/mol. The van der Waals surface area contributed by atoms with Crippen LogP contribution in [0.1, 0.15) is 81.1 Å². The molecule has 0 radical (unpaired) electrons. The van der Waals surface area contributed by atoms with Crippen molar-refractivity contribution < 1.29 is 29.3 Å². The lowest BCUT2D eigenvalue weighted by Crippen LogP contribution is -2.63. The molecule has 0 spiro atoms. The van der Waals surface area contributed by atoms with E-state index in [4.69, 9.17) is 9.47 Å². The molecule has 2 aliphatic heterocycles. The number of aliphatic hydroxyl groups excluding tert-OH is 1. The Balaban J connectivity index is 1.48. The molecule has 10 unspecified atom stereocenters. The summed E-state index contributed by atoms with van der Waals surface area (Å²) in [7, 11) is 0. The maximum absolute atomic E-state index is 14.3. The van der Waals surface area contributed by atoms with Gasteiger partial charge in [-0.1, -0.05) is 39.3 Å². The average molecular weight is 499 g/mol. The minimum Gasteiger partial charge on any atom is -0.505 e. The second-order valence-corrected chi connectivity index (χ2v) is 14.6. The quantitative estimate of drug-likeness (QED) is 0.462. The van der Waals surface area contributed by atoms with Gasteiger partial charge in [-0.3, -0.25) is 9.59 Å². The van der Waals surface area contributed by atoms with Gasteiger partial charge in [0.05, 0.1) is 23.2 Å². The minimum atomic E-state index is -1.27. The molecule has 2 saturated carbocycles. The van der Waals surface area contributed by atoms with Gasteiger partial charge in [-0.2, -0.15) is 0 Å². The summed E-state index contributed by atoms with van der Waals surface area (Å²) in [6, 6.07) is 0. The molecule has 36 heavy (non-hydrogen) atoms. The van der Waals surface area contributed by atoms with Gasteiger partial charge in [0.15, 0.2) is 11.5 Å². The highest BCUT2D eigenvalue weighted by Gasteiger charge is 2.75. The van der Waals surface area contributed by atoms with Crippen molar-refractivity contribution >= 4 is 11.6 Å². The third kappa shape index (κ3) is 2.59. The summed E-state index contributed by atoms with van der Waals surface area (Å²) in [5, 5.41) is 22.3. The van der Waals surface area contributed by atoms with Gasteiger partial charge in [0, 0.05) is 30.1 Å². The highest BCUT2D eigenvalue weighted by molar-refractivity contribution is 6.02. The predicted molar refractivity (Wildman–Crippen MR) is 134 cm³/mol. The van der Waals surface area contributed by atoms with Gasteiger partial charge < -0.3 is 19.7 Å². The predicted octanol–water partition coefficient (Wildman–Crippen LogP) is 4.90. The zero-order valence-electron chi connectivity index (χ0n) is 23.0. The molecule has 198 valence electrons. The highest BCUT2D eigenvalue weighted by Crippen LogP contribution is 2.75. The van der Waals surface area contributed by atoms with E-state index in [0.29, 0.717) is 12.8 Å². The van der Waals surface area contributed by atoms with Crippen LogP contribution in [-0.2, 0) is 19.1 Å². The van der Waals surface area contributed by atoms with E-state index >= 15 is 0 Å².